The lowest BCUT2D eigenvalue weighted by Gasteiger charge is -2.19. The number of rotatable bonds is 5. The van der Waals surface area contributed by atoms with Gasteiger partial charge in [0.05, 0.1) is 0 Å². The topological polar surface area (TPSA) is 58.2 Å². The number of anilines is 1. The lowest BCUT2D eigenvalue weighted by atomic mass is 9.92. The average Bonchev–Trinajstić information content (AvgIpc) is 2.44. The Kier molecular flexibility index (Phi) is 6.15. The summed E-state index contributed by atoms with van der Waals surface area (Å²) in [5.41, 5.74) is 2.82. The molecule has 0 bridgehead atoms. The number of benzene rings is 1. The van der Waals surface area contributed by atoms with Crippen LogP contribution < -0.4 is 10.6 Å². The van der Waals surface area contributed by atoms with Crippen LogP contribution >= 0.6 is 0 Å². The van der Waals surface area contributed by atoms with Gasteiger partial charge >= 0.3 is 11.8 Å². The third kappa shape index (κ3) is 4.45. The molecule has 0 aromatic heterocycles. The number of hydrogen-bond acceptors (Lipinski definition) is 2. The van der Waals surface area contributed by atoms with Crippen LogP contribution in [0.15, 0.2) is 30.9 Å². The van der Waals surface area contributed by atoms with Crippen molar-refractivity contribution in [2.24, 2.45) is 0 Å². The lowest BCUT2D eigenvalue weighted by Crippen LogP contribution is -2.35. The molecule has 0 spiro atoms. The Bertz CT molecular complexity index is 507. The Labute approximate surface area is 126 Å². The van der Waals surface area contributed by atoms with Gasteiger partial charge < -0.3 is 10.6 Å². The molecule has 1 aromatic carbocycles. The van der Waals surface area contributed by atoms with Gasteiger partial charge in [-0.2, -0.15) is 0 Å². The van der Waals surface area contributed by atoms with Crippen LogP contribution in [0.4, 0.5) is 5.69 Å². The van der Waals surface area contributed by atoms with Crippen LogP contribution in [-0.4, -0.2) is 18.4 Å². The first kappa shape index (κ1) is 17.0. The summed E-state index contributed by atoms with van der Waals surface area (Å²) in [5, 5.41) is 5.25. The Hall–Kier alpha value is -2.10. The minimum absolute atomic E-state index is 0.259. The molecule has 21 heavy (non-hydrogen) atoms. The van der Waals surface area contributed by atoms with Crippen LogP contribution in [0.1, 0.15) is 50.7 Å². The Balaban J connectivity index is 3.07. The van der Waals surface area contributed by atoms with Crippen molar-refractivity contribution in [1.29, 1.82) is 0 Å². The second kappa shape index (κ2) is 7.62. The molecule has 0 radical (unpaired) electrons. The first-order valence-electron chi connectivity index (χ1n) is 7.21. The van der Waals surface area contributed by atoms with E-state index in [-0.39, 0.29) is 18.4 Å². The average molecular weight is 288 g/mol. The second-order valence-corrected chi connectivity index (χ2v) is 5.57. The highest BCUT2D eigenvalue weighted by atomic mass is 16.2. The molecule has 1 aromatic rings. The smallest absolute Gasteiger partial charge is 0.313 e. The zero-order chi connectivity index (χ0) is 16.0. The van der Waals surface area contributed by atoms with Gasteiger partial charge in [-0.15, -0.1) is 6.58 Å². The van der Waals surface area contributed by atoms with Crippen LogP contribution in [0.3, 0.4) is 0 Å². The van der Waals surface area contributed by atoms with Gasteiger partial charge in [0, 0.05) is 12.2 Å². The van der Waals surface area contributed by atoms with Gasteiger partial charge in [-0.1, -0.05) is 52.0 Å². The van der Waals surface area contributed by atoms with E-state index in [0.29, 0.717) is 0 Å². The van der Waals surface area contributed by atoms with Gasteiger partial charge in [-0.3, -0.25) is 9.59 Å². The largest absolute Gasteiger partial charge is 0.344 e. The zero-order valence-corrected chi connectivity index (χ0v) is 13.2. The molecule has 0 aliphatic rings. The lowest BCUT2D eigenvalue weighted by molar-refractivity contribution is -0.136. The summed E-state index contributed by atoms with van der Waals surface area (Å²) in [6.07, 6.45) is 1.53. The van der Waals surface area contributed by atoms with Gasteiger partial charge in [0.2, 0.25) is 0 Å². The van der Waals surface area contributed by atoms with Gasteiger partial charge in [0.1, 0.15) is 0 Å². The van der Waals surface area contributed by atoms with Crippen molar-refractivity contribution in [2.45, 2.75) is 39.5 Å². The van der Waals surface area contributed by atoms with Crippen LogP contribution in [-0.2, 0) is 9.59 Å². The number of para-hydroxylation sites is 1. The Morgan fingerprint density at radius 3 is 2.05 bits per heavy atom. The van der Waals surface area contributed by atoms with Gasteiger partial charge in [0.15, 0.2) is 0 Å². The van der Waals surface area contributed by atoms with Crippen molar-refractivity contribution in [3.05, 3.63) is 42.0 Å². The molecule has 0 saturated heterocycles. The third-order valence-electron chi connectivity index (χ3n) is 3.22. The molecule has 4 heteroatoms. The van der Waals surface area contributed by atoms with Crippen LogP contribution in [0.2, 0.25) is 0 Å². The number of carbonyl (C=O) groups excluding carboxylic acids is 2. The Morgan fingerprint density at radius 2 is 1.62 bits per heavy atom. The number of hydrogen-bond donors (Lipinski definition) is 2. The first-order chi connectivity index (χ1) is 9.88. The van der Waals surface area contributed by atoms with Gasteiger partial charge in [0.25, 0.3) is 0 Å². The summed E-state index contributed by atoms with van der Waals surface area (Å²) in [4.78, 5) is 23.7. The molecule has 0 fully saturated rings. The maximum atomic E-state index is 12.0. The molecule has 114 valence electrons. The first-order valence-corrected chi connectivity index (χ1v) is 7.21. The summed E-state index contributed by atoms with van der Waals surface area (Å²) in [7, 11) is 0. The summed E-state index contributed by atoms with van der Waals surface area (Å²) >= 11 is 0. The molecule has 0 heterocycles. The SMILES string of the molecule is C=CCNC(=O)C(=O)Nc1c(C(C)C)cccc1C(C)C. The van der Waals surface area contributed by atoms with E-state index in [1.807, 2.05) is 18.2 Å². The summed E-state index contributed by atoms with van der Waals surface area (Å²) in [6.45, 7) is 12.0. The van der Waals surface area contributed by atoms with Gasteiger partial charge in [-0.05, 0) is 23.0 Å². The van der Waals surface area contributed by atoms with E-state index in [2.05, 4.69) is 44.9 Å². The molecule has 0 unspecified atom stereocenters. The maximum Gasteiger partial charge on any atom is 0.313 e. The Morgan fingerprint density at radius 1 is 1.10 bits per heavy atom. The van der Waals surface area contributed by atoms with Crippen LogP contribution in [0.25, 0.3) is 0 Å². The number of carbonyl (C=O) groups is 2. The van der Waals surface area contributed by atoms with Crippen molar-refractivity contribution >= 4 is 17.5 Å². The summed E-state index contributed by atoms with van der Waals surface area (Å²) in [6, 6.07) is 5.94. The normalized spacial score (nSPS) is 10.6. The summed E-state index contributed by atoms with van der Waals surface area (Å²) in [5.74, 6) is -0.777. The monoisotopic (exact) mass is 288 g/mol. The molecule has 0 aliphatic heterocycles. The second-order valence-electron chi connectivity index (χ2n) is 5.57. The number of nitrogens with one attached hydrogen (secondary N) is 2. The fourth-order valence-corrected chi connectivity index (χ4v) is 2.11. The fourth-order valence-electron chi connectivity index (χ4n) is 2.11. The quantitative estimate of drug-likeness (QED) is 0.646. The van der Waals surface area contributed by atoms with Gasteiger partial charge in [-0.25, -0.2) is 0 Å². The molecule has 4 nitrogen and oxygen atoms in total. The number of amides is 2. The fraction of sp³-hybridized carbons (Fsp3) is 0.412. The predicted octanol–water partition coefficient (Wildman–Crippen LogP) is 3.17. The third-order valence-corrected chi connectivity index (χ3v) is 3.22. The molecular formula is C17H24N2O2. The van der Waals surface area contributed by atoms with E-state index >= 15 is 0 Å². The predicted molar refractivity (Wildman–Crippen MR) is 86.5 cm³/mol. The maximum absolute atomic E-state index is 12.0. The molecule has 2 N–H and O–H groups in total. The molecular weight excluding hydrogens is 264 g/mol. The van der Waals surface area contributed by atoms with Crippen molar-refractivity contribution in [2.75, 3.05) is 11.9 Å². The summed E-state index contributed by atoms with van der Waals surface area (Å²) < 4.78 is 0. The van der Waals surface area contributed by atoms with E-state index in [9.17, 15) is 9.59 Å². The van der Waals surface area contributed by atoms with Crippen molar-refractivity contribution in [3.8, 4) is 0 Å². The van der Waals surface area contributed by atoms with E-state index in [1.165, 1.54) is 6.08 Å². The highest BCUT2D eigenvalue weighted by Crippen LogP contribution is 2.32. The molecule has 0 saturated carbocycles. The molecule has 1 rings (SSSR count). The minimum Gasteiger partial charge on any atom is -0.344 e. The van der Waals surface area contributed by atoms with Crippen LogP contribution in [0, 0.1) is 0 Å². The highest BCUT2D eigenvalue weighted by molar-refractivity contribution is 6.39. The van der Waals surface area contributed by atoms with Crippen molar-refractivity contribution < 1.29 is 9.59 Å². The van der Waals surface area contributed by atoms with E-state index in [0.717, 1.165) is 16.8 Å². The van der Waals surface area contributed by atoms with E-state index < -0.39 is 11.8 Å². The van der Waals surface area contributed by atoms with Crippen LogP contribution in [0.5, 0.6) is 0 Å². The molecule has 0 aliphatic carbocycles. The zero-order valence-electron chi connectivity index (χ0n) is 13.2. The molecule has 2 amide bonds. The van der Waals surface area contributed by atoms with E-state index in [4.69, 9.17) is 0 Å². The standard InChI is InChI=1S/C17H24N2O2/c1-6-10-18-16(20)17(21)19-15-13(11(2)3)8-7-9-14(15)12(4)5/h6-9,11-12H,1,10H2,2-5H3,(H,18,20)(H,19,21). The van der Waals surface area contributed by atoms with Crippen molar-refractivity contribution in [1.82, 2.24) is 5.32 Å². The van der Waals surface area contributed by atoms with Crippen molar-refractivity contribution in [3.63, 3.8) is 0 Å². The molecule has 0 atom stereocenters. The van der Waals surface area contributed by atoms with E-state index in [1.54, 1.807) is 0 Å². The minimum atomic E-state index is -0.650. The highest BCUT2D eigenvalue weighted by Gasteiger charge is 2.19.